The summed E-state index contributed by atoms with van der Waals surface area (Å²) in [4.78, 5) is 11.3. The van der Waals surface area contributed by atoms with Gasteiger partial charge < -0.3 is 0 Å². The fraction of sp³-hybridized carbons (Fsp3) is 0.900. The van der Waals surface area contributed by atoms with Crippen molar-refractivity contribution in [1.82, 2.24) is 0 Å². The van der Waals surface area contributed by atoms with Crippen molar-refractivity contribution < 1.29 is 4.79 Å². The van der Waals surface area contributed by atoms with E-state index >= 15 is 0 Å². The summed E-state index contributed by atoms with van der Waals surface area (Å²) in [6.45, 7) is 8.39. The average Bonchev–Trinajstić information content (AvgIpc) is 1.84. The molecule has 0 N–H and O–H groups in total. The van der Waals surface area contributed by atoms with Gasteiger partial charge in [0.25, 0.3) is 0 Å². The lowest BCUT2D eigenvalue weighted by Crippen LogP contribution is -2.11. The van der Waals surface area contributed by atoms with E-state index in [1.807, 2.05) is 0 Å². The van der Waals surface area contributed by atoms with E-state index in [1.54, 1.807) is 0 Å². The Morgan fingerprint density at radius 3 is 2.25 bits per heavy atom. The quantitative estimate of drug-likeness (QED) is 0.627. The van der Waals surface area contributed by atoms with Gasteiger partial charge in [-0.05, 0) is 6.42 Å². The van der Waals surface area contributed by atoms with Crippen molar-refractivity contribution in [1.29, 1.82) is 0 Å². The van der Waals surface area contributed by atoms with Gasteiger partial charge in [0.1, 0.15) is 0 Å². The third kappa shape index (κ3) is 8.12. The SMILES string of the molecule is CCCCCC(=O)SC(C)(C)C. The van der Waals surface area contributed by atoms with Gasteiger partial charge in [-0.15, -0.1) is 0 Å². The standard InChI is InChI=1S/C10H20OS/c1-5-6-7-8-9(11)12-10(2,3)4/h5-8H2,1-4H3. The van der Waals surface area contributed by atoms with Crippen LogP contribution in [0.1, 0.15) is 53.4 Å². The van der Waals surface area contributed by atoms with Crippen molar-refractivity contribution >= 4 is 16.9 Å². The van der Waals surface area contributed by atoms with Crippen molar-refractivity contribution in [2.75, 3.05) is 0 Å². The molecule has 12 heavy (non-hydrogen) atoms. The Morgan fingerprint density at radius 2 is 1.83 bits per heavy atom. The third-order valence-corrected chi connectivity index (χ3v) is 2.45. The number of carbonyl (C=O) groups is 1. The van der Waals surface area contributed by atoms with Gasteiger partial charge in [0.15, 0.2) is 5.12 Å². The predicted molar refractivity (Wildman–Crippen MR) is 56.5 cm³/mol. The summed E-state index contributed by atoms with van der Waals surface area (Å²) in [7, 11) is 0. The molecule has 0 spiro atoms. The van der Waals surface area contributed by atoms with Crippen LogP contribution in [0.5, 0.6) is 0 Å². The average molecular weight is 188 g/mol. The van der Waals surface area contributed by atoms with E-state index in [1.165, 1.54) is 24.6 Å². The van der Waals surface area contributed by atoms with Crippen LogP contribution in [0.25, 0.3) is 0 Å². The molecular weight excluding hydrogens is 168 g/mol. The van der Waals surface area contributed by atoms with E-state index in [0.29, 0.717) is 5.12 Å². The molecule has 0 rings (SSSR count). The lowest BCUT2D eigenvalue weighted by atomic mass is 10.2. The second-order valence-corrected chi connectivity index (χ2v) is 5.93. The summed E-state index contributed by atoms with van der Waals surface area (Å²) in [5.74, 6) is 0. The Bertz CT molecular complexity index is 135. The second-order valence-electron chi connectivity index (χ2n) is 4.04. The molecule has 0 saturated carbocycles. The van der Waals surface area contributed by atoms with Crippen LogP contribution in [0, 0.1) is 0 Å². The maximum atomic E-state index is 11.3. The maximum absolute atomic E-state index is 11.3. The topological polar surface area (TPSA) is 17.1 Å². The molecule has 1 nitrogen and oxygen atoms in total. The van der Waals surface area contributed by atoms with E-state index < -0.39 is 0 Å². The Balaban J connectivity index is 3.47. The van der Waals surface area contributed by atoms with E-state index in [-0.39, 0.29) is 4.75 Å². The van der Waals surface area contributed by atoms with Gasteiger partial charge in [0, 0.05) is 11.2 Å². The zero-order valence-corrected chi connectivity index (χ0v) is 9.46. The zero-order chi connectivity index (χ0) is 9.61. The molecule has 0 aromatic carbocycles. The van der Waals surface area contributed by atoms with Gasteiger partial charge >= 0.3 is 0 Å². The number of rotatable bonds is 4. The second kappa shape index (κ2) is 5.63. The molecule has 0 aliphatic rings. The Hall–Kier alpha value is 0.0200. The molecule has 0 aromatic rings. The van der Waals surface area contributed by atoms with Gasteiger partial charge in [-0.25, -0.2) is 0 Å². The highest BCUT2D eigenvalue weighted by molar-refractivity contribution is 8.14. The van der Waals surface area contributed by atoms with Crippen molar-refractivity contribution in [3.63, 3.8) is 0 Å². The molecular formula is C10H20OS. The highest BCUT2D eigenvalue weighted by Gasteiger charge is 2.15. The molecule has 0 atom stereocenters. The first kappa shape index (κ1) is 12.0. The van der Waals surface area contributed by atoms with Crippen LogP contribution < -0.4 is 0 Å². The summed E-state index contributed by atoms with van der Waals surface area (Å²) in [5.41, 5.74) is 0. The smallest absolute Gasteiger partial charge is 0.189 e. The normalized spacial score (nSPS) is 11.7. The number of thioether (sulfide) groups is 1. The van der Waals surface area contributed by atoms with Crippen LogP contribution in [-0.4, -0.2) is 9.86 Å². The molecule has 0 heterocycles. The zero-order valence-electron chi connectivity index (χ0n) is 8.64. The molecule has 0 saturated heterocycles. The number of unbranched alkanes of at least 4 members (excludes halogenated alkanes) is 2. The summed E-state index contributed by atoms with van der Waals surface area (Å²) in [6.07, 6.45) is 4.16. The van der Waals surface area contributed by atoms with Crippen LogP contribution in [-0.2, 0) is 4.79 Å². The highest BCUT2D eigenvalue weighted by Crippen LogP contribution is 2.25. The van der Waals surface area contributed by atoms with Crippen LogP contribution in [0.3, 0.4) is 0 Å². The van der Waals surface area contributed by atoms with E-state index in [2.05, 4.69) is 27.7 Å². The summed E-state index contributed by atoms with van der Waals surface area (Å²) >= 11 is 1.47. The minimum absolute atomic E-state index is 0.0866. The minimum atomic E-state index is 0.0866. The lowest BCUT2D eigenvalue weighted by Gasteiger charge is -2.15. The molecule has 2 heteroatoms. The van der Waals surface area contributed by atoms with Gasteiger partial charge in [-0.3, -0.25) is 4.79 Å². The first-order chi connectivity index (χ1) is 5.45. The molecule has 0 fully saturated rings. The van der Waals surface area contributed by atoms with Crippen molar-refractivity contribution in [2.24, 2.45) is 0 Å². The largest absolute Gasteiger partial charge is 0.287 e. The van der Waals surface area contributed by atoms with Crippen molar-refractivity contribution in [3.8, 4) is 0 Å². The molecule has 72 valence electrons. The van der Waals surface area contributed by atoms with Gasteiger partial charge in [0.2, 0.25) is 0 Å². The van der Waals surface area contributed by atoms with Crippen LogP contribution in [0.15, 0.2) is 0 Å². The van der Waals surface area contributed by atoms with Crippen LogP contribution in [0.4, 0.5) is 0 Å². The minimum Gasteiger partial charge on any atom is -0.287 e. The van der Waals surface area contributed by atoms with E-state index in [0.717, 1.165) is 12.8 Å². The Kier molecular flexibility index (Phi) is 5.64. The summed E-state index contributed by atoms with van der Waals surface area (Å²) in [5, 5.41) is 0.343. The van der Waals surface area contributed by atoms with E-state index in [9.17, 15) is 4.79 Å². The predicted octanol–water partition coefficient (Wildman–Crippen LogP) is 3.63. The number of hydrogen-bond acceptors (Lipinski definition) is 2. The maximum Gasteiger partial charge on any atom is 0.189 e. The molecule has 0 aliphatic heterocycles. The molecule has 0 aliphatic carbocycles. The first-order valence-corrected chi connectivity index (χ1v) is 5.49. The molecule has 0 aromatic heterocycles. The number of carbonyl (C=O) groups excluding carboxylic acids is 1. The van der Waals surface area contributed by atoms with Crippen LogP contribution in [0.2, 0.25) is 0 Å². The van der Waals surface area contributed by atoms with Crippen LogP contribution >= 0.6 is 11.8 Å². The molecule has 0 amide bonds. The van der Waals surface area contributed by atoms with Gasteiger partial charge in [0.05, 0.1) is 0 Å². The van der Waals surface area contributed by atoms with Gasteiger partial charge in [-0.2, -0.15) is 0 Å². The Labute approximate surface area is 80.3 Å². The fourth-order valence-electron chi connectivity index (χ4n) is 0.912. The summed E-state index contributed by atoms with van der Waals surface area (Å²) in [6, 6.07) is 0. The third-order valence-electron chi connectivity index (χ3n) is 1.40. The van der Waals surface area contributed by atoms with Crippen molar-refractivity contribution in [3.05, 3.63) is 0 Å². The van der Waals surface area contributed by atoms with Gasteiger partial charge in [-0.1, -0.05) is 52.3 Å². The Morgan fingerprint density at radius 1 is 1.25 bits per heavy atom. The monoisotopic (exact) mass is 188 g/mol. The number of hydrogen-bond donors (Lipinski definition) is 0. The first-order valence-electron chi connectivity index (χ1n) is 4.67. The lowest BCUT2D eigenvalue weighted by molar-refractivity contribution is -0.111. The van der Waals surface area contributed by atoms with E-state index in [4.69, 9.17) is 0 Å². The molecule has 0 unspecified atom stereocenters. The van der Waals surface area contributed by atoms with Crippen molar-refractivity contribution in [2.45, 2.75) is 58.1 Å². The summed E-state index contributed by atoms with van der Waals surface area (Å²) < 4.78 is 0.0866. The molecule has 0 bridgehead atoms. The fourth-order valence-corrected chi connectivity index (χ4v) is 1.84. The molecule has 0 radical (unpaired) electrons. The highest BCUT2D eigenvalue weighted by atomic mass is 32.2.